The van der Waals surface area contributed by atoms with Gasteiger partial charge in [-0.2, -0.15) is 10.1 Å². The highest BCUT2D eigenvalue weighted by Gasteiger charge is 2.12. The van der Waals surface area contributed by atoms with Crippen LogP contribution < -0.4 is 10.3 Å². The Morgan fingerprint density at radius 1 is 1.13 bits per heavy atom. The van der Waals surface area contributed by atoms with Crippen molar-refractivity contribution in [3.05, 3.63) is 81.1 Å². The zero-order chi connectivity index (χ0) is 21.1. The van der Waals surface area contributed by atoms with Crippen molar-refractivity contribution < 1.29 is 13.7 Å². The van der Waals surface area contributed by atoms with E-state index in [-0.39, 0.29) is 17.9 Å². The lowest BCUT2D eigenvalue weighted by Gasteiger charge is -2.07. The third-order valence-corrected chi connectivity index (χ3v) is 5.02. The van der Waals surface area contributed by atoms with E-state index in [1.165, 1.54) is 16.8 Å². The number of ether oxygens (including phenoxy) is 1. The highest BCUT2D eigenvalue weighted by atomic mass is 79.9. The lowest BCUT2D eigenvalue weighted by molar-refractivity contribution is 0.368. The van der Waals surface area contributed by atoms with Crippen LogP contribution in [-0.2, 0) is 13.0 Å². The van der Waals surface area contributed by atoms with Crippen LogP contribution in [0.4, 0.5) is 4.39 Å². The number of halogens is 2. The Morgan fingerprint density at radius 3 is 2.80 bits per heavy atom. The summed E-state index contributed by atoms with van der Waals surface area (Å²) < 4.78 is 25.6. The average Bonchev–Trinajstić information content (AvgIpc) is 3.24. The number of nitrogens with zero attached hydrogens (tertiary/aromatic N) is 4. The van der Waals surface area contributed by atoms with E-state index < -0.39 is 0 Å². The van der Waals surface area contributed by atoms with Gasteiger partial charge in [-0.15, -0.1) is 0 Å². The van der Waals surface area contributed by atoms with Crippen LogP contribution in [0.2, 0.25) is 0 Å². The van der Waals surface area contributed by atoms with E-state index >= 15 is 0 Å². The number of aryl methyl sites for hydroxylation is 2. The predicted octanol–water partition coefficient (Wildman–Crippen LogP) is 4.11. The fourth-order valence-electron chi connectivity index (χ4n) is 2.86. The fourth-order valence-corrected chi connectivity index (χ4v) is 3.23. The summed E-state index contributed by atoms with van der Waals surface area (Å²) in [5.41, 5.74) is 1.87. The van der Waals surface area contributed by atoms with E-state index in [2.05, 4.69) is 31.2 Å². The molecule has 2 aromatic carbocycles. The molecular formula is C21H16BrFN4O3. The number of methoxy groups -OCH3 is 1. The Balaban J connectivity index is 1.52. The van der Waals surface area contributed by atoms with Crippen LogP contribution in [0, 0.1) is 5.82 Å². The van der Waals surface area contributed by atoms with Gasteiger partial charge in [0.2, 0.25) is 11.7 Å². The maximum atomic E-state index is 13.4. The first kappa shape index (κ1) is 20.0. The standard InChI is InChI=1S/C21H16BrFN4O3/c1-29-15-4-2-3-13(11-15)18-7-8-20(28)27(25-18)10-9-19-24-21(26-30-19)14-5-6-17(23)16(22)12-14/h2-8,11-12H,9-10H2,1H3. The summed E-state index contributed by atoms with van der Waals surface area (Å²) in [6, 6.07) is 15.1. The summed E-state index contributed by atoms with van der Waals surface area (Å²) in [4.78, 5) is 16.5. The zero-order valence-electron chi connectivity index (χ0n) is 15.9. The van der Waals surface area contributed by atoms with Crippen LogP contribution in [0.5, 0.6) is 5.75 Å². The Bertz CT molecular complexity index is 1250. The first-order valence-corrected chi connectivity index (χ1v) is 9.83. The third kappa shape index (κ3) is 4.30. The largest absolute Gasteiger partial charge is 0.497 e. The molecule has 0 bridgehead atoms. The minimum atomic E-state index is -0.371. The van der Waals surface area contributed by atoms with Gasteiger partial charge in [-0.3, -0.25) is 4.79 Å². The SMILES string of the molecule is COc1cccc(-c2ccc(=O)n(CCc3nc(-c4ccc(F)c(Br)c4)no3)n2)c1. The summed E-state index contributed by atoms with van der Waals surface area (Å²) in [7, 11) is 1.59. The van der Waals surface area contributed by atoms with Crippen LogP contribution in [0.15, 0.2) is 68.4 Å². The second-order valence-electron chi connectivity index (χ2n) is 6.40. The normalized spacial score (nSPS) is 10.9. The molecule has 0 saturated carbocycles. The molecule has 0 unspecified atom stereocenters. The number of hydrogen-bond acceptors (Lipinski definition) is 6. The molecule has 0 aliphatic carbocycles. The van der Waals surface area contributed by atoms with Crippen LogP contribution in [-0.4, -0.2) is 27.0 Å². The molecule has 152 valence electrons. The van der Waals surface area contributed by atoms with Crippen LogP contribution in [0.3, 0.4) is 0 Å². The maximum absolute atomic E-state index is 13.4. The molecule has 4 rings (SSSR count). The molecule has 9 heteroatoms. The molecule has 7 nitrogen and oxygen atoms in total. The second kappa shape index (κ2) is 8.58. The van der Waals surface area contributed by atoms with Gasteiger partial charge in [0.05, 0.1) is 23.8 Å². The molecule has 0 aliphatic rings. The zero-order valence-corrected chi connectivity index (χ0v) is 17.5. The maximum Gasteiger partial charge on any atom is 0.266 e. The molecule has 0 radical (unpaired) electrons. The van der Waals surface area contributed by atoms with Crippen molar-refractivity contribution in [2.24, 2.45) is 0 Å². The van der Waals surface area contributed by atoms with Crippen molar-refractivity contribution >= 4 is 15.9 Å². The van der Waals surface area contributed by atoms with Gasteiger partial charge in [-0.05, 0) is 52.3 Å². The van der Waals surface area contributed by atoms with Gasteiger partial charge in [0.1, 0.15) is 11.6 Å². The number of benzene rings is 2. The molecule has 0 fully saturated rings. The number of aromatic nitrogens is 4. The lowest BCUT2D eigenvalue weighted by atomic mass is 10.1. The molecule has 2 aromatic heterocycles. The van der Waals surface area contributed by atoms with Crippen molar-refractivity contribution in [2.45, 2.75) is 13.0 Å². The molecule has 0 N–H and O–H groups in total. The van der Waals surface area contributed by atoms with Crippen LogP contribution in [0.25, 0.3) is 22.6 Å². The molecule has 30 heavy (non-hydrogen) atoms. The van der Waals surface area contributed by atoms with Crippen molar-refractivity contribution in [3.63, 3.8) is 0 Å². The highest BCUT2D eigenvalue weighted by Crippen LogP contribution is 2.23. The lowest BCUT2D eigenvalue weighted by Crippen LogP contribution is -2.23. The topological polar surface area (TPSA) is 83.0 Å². The molecule has 2 heterocycles. The Labute approximate surface area is 179 Å². The number of hydrogen-bond donors (Lipinski definition) is 0. The Hall–Kier alpha value is -3.33. The fraction of sp³-hybridized carbons (Fsp3) is 0.143. The van der Waals surface area contributed by atoms with E-state index in [1.54, 1.807) is 25.3 Å². The van der Waals surface area contributed by atoms with E-state index in [9.17, 15) is 9.18 Å². The highest BCUT2D eigenvalue weighted by molar-refractivity contribution is 9.10. The summed E-state index contributed by atoms with van der Waals surface area (Å²) in [6.45, 7) is 0.269. The Morgan fingerprint density at radius 2 is 2.00 bits per heavy atom. The quantitative estimate of drug-likeness (QED) is 0.421. The second-order valence-corrected chi connectivity index (χ2v) is 7.26. The monoisotopic (exact) mass is 470 g/mol. The molecule has 0 spiro atoms. The summed E-state index contributed by atoms with van der Waals surface area (Å²) in [5, 5.41) is 8.36. The van der Waals surface area contributed by atoms with Crippen LogP contribution in [0.1, 0.15) is 5.89 Å². The predicted molar refractivity (Wildman–Crippen MR) is 112 cm³/mol. The van der Waals surface area contributed by atoms with Gasteiger partial charge in [0.15, 0.2) is 0 Å². The molecule has 0 saturated heterocycles. The first-order chi connectivity index (χ1) is 14.5. The Kier molecular flexibility index (Phi) is 5.71. The first-order valence-electron chi connectivity index (χ1n) is 9.04. The van der Waals surface area contributed by atoms with Gasteiger partial charge in [-0.1, -0.05) is 17.3 Å². The van der Waals surface area contributed by atoms with Gasteiger partial charge in [0, 0.05) is 23.6 Å². The van der Waals surface area contributed by atoms with Crippen molar-refractivity contribution in [2.75, 3.05) is 7.11 Å². The van der Waals surface area contributed by atoms with Crippen molar-refractivity contribution in [1.29, 1.82) is 0 Å². The summed E-state index contributed by atoms with van der Waals surface area (Å²) in [6.07, 6.45) is 0.323. The van der Waals surface area contributed by atoms with E-state index in [0.717, 1.165) is 5.56 Å². The van der Waals surface area contributed by atoms with E-state index in [0.29, 0.717) is 39.6 Å². The summed E-state index contributed by atoms with van der Waals surface area (Å²) >= 11 is 3.14. The van der Waals surface area contributed by atoms with Crippen LogP contribution >= 0.6 is 15.9 Å². The van der Waals surface area contributed by atoms with Gasteiger partial charge >= 0.3 is 0 Å². The summed E-state index contributed by atoms with van der Waals surface area (Å²) in [5.74, 6) is 1.03. The van der Waals surface area contributed by atoms with Gasteiger partial charge < -0.3 is 9.26 Å². The average molecular weight is 471 g/mol. The minimum absolute atomic E-state index is 0.233. The molecule has 4 aromatic rings. The molecule has 0 aliphatic heterocycles. The van der Waals surface area contributed by atoms with Crippen molar-refractivity contribution in [3.8, 4) is 28.4 Å². The smallest absolute Gasteiger partial charge is 0.266 e. The third-order valence-electron chi connectivity index (χ3n) is 4.42. The van der Waals surface area contributed by atoms with Crippen molar-refractivity contribution in [1.82, 2.24) is 19.9 Å². The van der Waals surface area contributed by atoms with E-state index in [1.807, 2.05) is 24.3 Å². The van der Waals surface area contributed by atoms with E-state index in [4.69, 9.17) is 9.26 Å². The minimum Gasteiger partial charge on any atom is -0.497 e. The molecule has 0 amide bonds. The molecule has 0 atom stereocenters. The molecular weight excluding hydrogens is 455 g/mol. The van der Waals surface area contributed by atoms with Gasteiger partial charge in [0.25, 0.3) is 5.56 Å². The number of rotatable bonds is 6. The van der Waals surface area contributed by atoms with Gasteiger partial charge in [-0.25, -0.2) is 9.07 Å².